The number of hydrogen-bond donors (Lipinski definition) is 2. The number of benzene rings is 1. The van der Waals surface area contributed by atoms with Gasteiger partial charge in [-0.1, -0.05) is 30.7 Å². The van der Waals surface area contributed by atoms with E-state index in [9.17, 15) is 14.7 Å². The minimum absolute atomic E-state index is 0.112. The Morgan fingerprint density at radius 3 is 2.77 bits per heavy atom. The second-order valence-electron chi connectivity index (χ2n) is 6.23. The molecule has 0 spiro atoms. The van der Waals surface area contributed by atoms with Crippen LogP contribution in [0.2, 0.25) is 0 Å². The molecule has 0 saturated heterocycles. The molecule has 1 amide bonds. The maximum atomic E-state index is 12.1. The molecular weight excluding hydrogens is 298 g/mol. The molecule has 4 nitrogen and oxygen atoms in total. The van der Waals surface area contributed by atoms with Gasteiger partial charge in [-0.25, -0.2) is 0 Å². The molecule has 0 bridgehead atoms. The molecule has 0 radical (unpaired) electrons. The van der Waals surface area contributed by atoms with Crippen molar-refractivity contribution in [2.75, 3.05) is 12.3 Å². The van der Waals surface area contributed by atoms with Gasteiger partial charge in [0.15, 0.2) is 0 Å². The van der Waals surface area contributed by atoms with Gasteiger partial charge in [0, 0.05) is 18.2 Å². The van der Waals surface area contributed by atoms with Crippen LogP contribution in [0.1, 0.15) is 42.1 Å². The number of fused-ring (bicyclic) bond motifs is 1. The van der Waals surface area contributed by atoms with E-state index in [0.29, 0.717) is 19.4 Å². The first-order chi connectivity index (χ1) is 10.6. The van der Waals surface area contributed by atoms with Gasteiger partial charge >= 0.3 is 5.97 Å². The van der Waals surface area contributed by atoms with E-state index in [4.69, 9.17) is 0 Å². The number of carboxylic acids is 1. The van der Waals surface area contributed by atoms with Crippen molar-refractivity contribution >= 4 is 23.6 Å². The number of carbonyl (C=O) groups is 2. The summed E-state index contributed by atoms with van der Waals surface area (Å²) in [5.74, 6) is 0.105. The van der Waals surface area contributed by atoms with Gasteiger partial charge in [-0.15, -0.1) is 0 Å². The number of carbonyl (C=O) groups excluding carboxylic acids is 1. The molecule has 1 aromatic carbocycles. The van der Waals surface area contributed by atoms with Crippen LogP contribution in [0.4, 0.5) is 0 Å². The third kappa shape index (κ3) is 3.00. The molecule has 1 atom stereocenters. The summed E-state index contributed by atoms with van der Waals surface area (Å²) in [7, 11) is 0. The molecule has 3 rings (SSSR count). The lowest BCUT2D eigenvalue weighted by molar-refractivity contribution is -0.157. The summed E-state index contributed by atoms with van der Waals surface area (Å²) >= 11 is 1.86. The topological polar surface area (TPSA) is 66.4 Å². The zero-order valence-corrected chi connectivity index (χ0v) is 13.3. The van der Waals surface area contributed by atoms with Gasteiger partial charge in [-0.2, -0.15) is 11.8 Å². The van der Waals surface area contributed by atoms with E-state index in [0.717, 1.165) is 18.6 Å². The van der Waals surface area contributed by atoms with E-state index in [1.54, 1.807) is 0 Å². The summed E-state index contributed by atoms with van der Waals surface area (Å²) in [5, 5.41) is 12.5. The lowest BCUT2D eigenvalue weighted by atomic mass is 9.66. The Balaban J connectivity index is 1.57. The second kappa shape index (κ2) is 6.32. The van der Waals surface area contributed by atoms with E-state index in [1.807, 2.05) is 17.8 Å². The van der Waals surface area contributed by atoms with Crippen molar-refractivity contribution < 1.29 is 14.7 Å². The summed E-state index contributed by atoms with van der Waals surface area (Å²) < 4.78 is 0. The molecule has 1 aliphatic carbocycles. The molecule has 2 aliphatic rings. The Morgan fingerprint density at radius 1 is 1.32 bits per heavy atom. The van der Waals surface area contributed by atoms with Crippen molar-refractivity contribution in [3.8, 4) is 0 Å². The Labute approximate surface area is 134 Å². The van der Waals surface area contributed by atoms with E-state index in [1.165, 1.54) is 11.1 Å². The smallest absolute Gasteiger partial charge is 0.310 e. The minimum Gasteiger partial charge on any atom is -0.481 e. The first kappa shape index (κ1) is 15.4. The van der Waals surface area contributed by atoms with Crippen LogP contribution < -0.4 is 5.32 Å². The first-order valence-corrected chi connectivity index (χ1v) is 8.85. The van der Waals surface area contributed by atoms with Gasteiger partial charge in [0.25, 0.3) is 0 Å². The van der Waals surface area contributed by atoms with Crippen LogP contribution in [0, 0.1) is 5.41 Å². The summed E-state index contributed by atoms with van der Waals surface area (Å²) in [6.45, 7) is 0.580. The Bertz CT molecular complexity index is 583. The van der Waals surface area contributed by atoms with Crippen molar-refractivity contribution in [3.63, 3.8) is 0 Å². The van der Waals surface area contributed by atoms with Crippen LogP contribution in [0.5, 0.6) is 0 Å². The SMILES string of the molecule is O=C(CC1(C(=O)O)CCC1)NCC1SCCc2ccccc21. The molecule has 22 heavy (non-hydrogen) atoms. The summed E-state index contributed by atoms with van der Waals surface area (Å²) in [6.07, 6.45) is 3.34. The summed E-state index contributed by atoms with van der Waals surface area (Å²) in [5.41, 5.74) is 1.86. The highest BCUT2D eigenvalue weighted by atomic mass is 32.2. The van der Waals surface area contributed by atoms with Gasteiger partial charge in [0.2, 0.25) is 5.91 Å². The van der Waals surface area contributed by atoms with Crippen molar-refractivity contribution in [3.05, 3.63) is 35.4 Å². The van der Waals surface area contributed by atoms with Gasteiger partial charge in [-0.05, 0) is 36.1 Å². The molecule has 1 heterocycles. The number of carboxylic acid groups (broad SMARTS) is 1. The highest BCUT2D eigenvalue weighted by Gasteiger charge is 2.45. The molecule has 1 fully saturated rings. The molecule has 1 aliphatic heterocycles. The quantitative estimate of drug-likeness (QED) is 0.876. The molecule has 1 aromatic rings. The second-order valence-corrected chi connectivity index (χ2v) is 7.54. The van der Waals surface area contributed by atoms with Gasteiger partial charge in [-0.3, -0.25) is 9.59 Å². The monoisotopic (exact) mass is 319 g/mol. The average molecular weight is 319 g/mol. The Morgan fingerprint density at radius 2 is 2.09 bits per heavy atom. The van der Waals surface area contributed by atoms with E-state index >= 15 is 0 Å². The fourth-order valence-corrected chi connectivity index (χ4v) is 4.52. The number of amides is 1. The first-order valence-electron chi connectivity index (χ1n) is 7.80. The van der Waals surface area contributed by atoms with Crippen LogP contribution in [-0.4, -0.2) is 29.3 Å². The minimum atomic E-state index is -0.828. The number of rotatable bonds is 5. The third-order valence-corrected chi connectivity index (χ3v) is 6.10. The molecule has 0 aromatic heterocycles. The van der Waals surface area contributed by atoms with Crippen molar-refractivity contribution in [2.45, 2.75) is 37.4 Å². The van der Waals surface area contributed by atoms with Crippen LogP contribution in [0.25, 0.3) is 0 Å². The number of thioether (sulfide) groups is 1. The molecule has 5 heteroatoms. The lowest BCUT2D eigenvalue weighted by Gasteiger charge is -2.37. The fourth-order valence-electron chi connectivity index (χ4n) is 3.29. The summed E-state index contributed by atoms with van der Waals surface area (Å²) in [6, 6.07) is 8.37. The van der Waals surface area contributed by atoms with Crippen molar-refractivity contribution in [2.24, 2.45) is 5.41 Å². The summed E-state index contributed by atoms with van der Waals surface area (Å²) in [4.78, 5) is 23.5. The van der Waals surface area contributed by atoms with E-state index in [-0.39, 0.29) is 17.6 Å². The van der Waals surface area contributed by atoms with Crippen molar-refractivity contribution in [1.29, 1.82) is 0 Å². The average Bonchev–Trinajstić information content (AvgIpc) is 2.48. The van der Waals surface area contributed by atoms with Gasteiger partial charge < -0.3 is 10.4 Å². The molecule has 2 N–H and O–H groups in total. The predicted molar refractivity (Wildman–Crippen MR) is 86.9 cm³/mol. The van der Waals surface area contributed by atoms with Crippen molar-refractivity contribution in [1.82, 2.24) is 5.32 Å². The predicted octanol–water partition coefficient (Wildman–Crippen LogP) is 2.78. The molecule has 1 unspecified atom stereocenters. The number of aryl methyl sites for hydroxylation is 1. The molecule has 118 valence electrons. The number of hydrogen-bond acceptors (Lipinski definition) is 3. The normalized spacial score (nSPS) is 22.3. The fraction of sp³-hybridized carbons (Fsp3) is 0.529. The van der Waals surface area contributed by atoms with Gasteiger partial charge in [0.1, 0.15) is 0 Å². The number of aliphatic carboxylic acids is 1. The van der Waals surface area contributed by atoms with Crippen LogP contribution in [0.15, 0.2) is 24.3 Å². The third-order valence-electron chi connectivity index (χ3n) is 4.84. The lowest BCUT2D eigenvalue weighted by Crippen LogP contribution is -2.43. The molecular formula is C17H21NO3S. The maximum Gasteiger partial charge on any atom is 0.310 e. The van der Waals surface area contributed by atoms with E-state index < -0.39 is 11.4 Å². The zero-order valence-electron chi connectivity index (χ0n) is 12.5. The highest BCUT2D eigenvalue weighted by molar-refractivity contribution is 7.99. The largest absolute Gasteiger partial charge is 0.481 e. The Kier molecular flexibility index (Phi) is 4.43. The molecule has 1 saturated carbocycles. The van der Waals surface area contributed by atoms with Gasteiger partial charge in [0.05, 0.1) is 5.41 Å². The standard InChI is InChI=1S/C17H21NO3S/c19-15(10-17(16(20)21)7-3-8-17)18-11-14-13-5-2-1-4-12(13)6-9-22-14/h1-2,4-5,14H,3,6-11H2,(H,18,19)(H,20,21). The number of nitrogens with one attached hydrogen (secondary N) is 1. The van der Waals surface area contributed by atoms with Crippen LogP contribution in [0.3, 0.4) is 0 Å². The van der Waals surface area contributed by atoms with E-state index in [2.05, 4.69) is 23.5 Å². The van der Waals surface area contributed by atoms with Crippen LogP contribution >= 0.6 is 11.8 Å². The highest BCUT2D eigenvalue weighted by Crippen LogP contribution is 2.44. The van der Waals surface area contributed by atoms with Crippen LogP contribution in [-0.2, 0) is 16.0 Å². The zero-order chi connectivity index (χ0) is 15.6. The Hall–Kier alpha value is -1.49. The maximum absolute atomic E-state index is 12.1.